The molecule has 2 rings (SSSR count). The van der Waals surface area contributed by atoms with Gasteiger partial charge in [-0.2, -0.15) is 15.6 Å². The lowest BCUT2D eigenvalue weighted by Gasteiger charge is -2.16. The maximum Gasteiger partial charge on any atom is 0.338 e. The van der Waals surface area contributed by atoms with Crippen molar-refractivity contribution in [2.75, 3.05) is 13.7 Å². The molecule has 1 aromatic heterocycles. The molecule has 0 unspecified atom stereocenters. The fourth-order valence-electron chi connectivity index (χ4n) is 1.88. The molecular weight excluding hydrogens is 322 g/mol. The zero-order chi connectivity index (χ0) is 16.2. The van der Waals surface area contributed by atoms with E-state index in [0.29, 0.717) is 12.1 Å². The van der Waals surface area contributed by atoms with Crippen LogP contribution in [0.4, 0.5) is 0 Å². The number of benzene rings is 1. The van der Waals surface area contributed by atoms with Gasteiger partial charge in [-0.25, -0.2) is 13.2 Å². The average Bonchev–Trinajstić information content (AvgIpc) is 3.00. The maximum absolute atomic E-state index is 12.5. The second kappa shape index (κ2) is 7.04. The number of sulfonamides is 1. The smallest absolute Gasteiger partial charge is 0.338 e. The molecule has 22 heavy (non-hydrogen) atoms. The molecule has 0 bridgehead atoms. The summed E-state index contributed by atoms with van der Waals surface area (Å²) < 4.78 is 31.1. The summed E-state index contributed by atoms with van der Waals surface area (Å²) >= 11 is 1.52. The van der Waals surface area contributed by atoms with Crippen LogP contribution in [0.5, 0.6) is 0 Å². The van der Waals surface area contributed by atoms with Crippen LogP contribution in [0.15, 0.2) is 46.0 Å². The standard InChI is InChI=1S/C15H17NO4S2/c1-3-20-15(17)13-4-6-14(7-5-13)22(18,19)16(2)10-12-8-9-21-11-12/h4-9,11H,3,10H2,1-2H3. The lowest BCUT2D eigenvalue weighted by atomic mass is 10.2. The first kappa shape index (κ1) is 16.7. The third kappa shape index (κ3) is 3.73. The number of nitrogens with zero attached hydrogens (tertiary/aromatic N) is 1. The maximum atomic E-state index is 12.5. The topological polar surface area (TPSA) is 63.7 Å². The van der Waals surface area contributed by atoms with Crippen molar-refractivity contribution in [2.24, 2.45) is 0 Å². The van der Waals surface area contributed by atoms with E-state index in [1.54, 1.807) is 6.92 Å². The van der Waals surface area contributed by atoms with E-state index in [1.807, 2.05) is 16.8 Å². The molecule has 0 aliphatic heterocycles. The van der Waals surface area contributed by atoms with Crippen LogP contribution in [0.1, 0.15) is 22.8 Å². The molecule has 0 fully saturated rings. The van der Waals surface area contributed by atoms with E-state index in [2.05, 4.69) is 0 Å². The summed E-state index contributed by atoms with van der Waals surface area (Å²) in [7, 11) is -2.05. The van der Waals surface area contributed by atoms with E-state index in [4.69, 9.17) is 4.74 Å². The summed E-state index contributed by atoms with van der Waals surface area (Å²) in [5.74, 6) is -0.460. The third-order valence-electron chi connectivity index (χ3n) is 3.06. The number of hydrogen-bond donors (Lipinski definition) is 0. The molecule has 5 nitrogen and oxygen atoms in total. The van der Waals surface area contributed by atoms with Crippen molar-refractivity contribution < 1.29 is 17.9 Å². The van der Waals surface area contributed by atoms with Gasteiger partial charge in [0.2, 0.25) is 10.0 Å². The van der Waals surface area contributed by atoms with Crippen molar-refractivity contribution in [3.8, 4) is 0 Å². The van der Waals surface area contributed by atoms with E-state index < -0.39 is 16.0 Å². The van der Waals surface area contributed by atoms with Crippen LogP contribution in [0.25, 0.3) is 0 Å². The molecule has 0 radical (unpaired) electrons. The predicted molar refractivity (Wildman–Crippen MR) is 85.4 cm³/mol. The van der Waals surface area contributed by atoms with E-state index >= 15 is 0 Å². The van der Waals surface area contributed by atoms with Crippen molar-refractivity contribution in [3.05, 3.63) is 52.2 Å². The molecule has 0 atom stereocenters. The monoisotopic (exact) mass is 339 g/mol. The first-order chi connectivity index (χ1) is 10.4. The van der Waals surface area contributed by atoms with Crippen molar-refractivity contribution in [3.63, 3.8) is 0 Å². The molecule has 0 spiro atoms. The fourth-order valence-corrected chi connectivity index (χ4v) is 3.70. The number of esters is 1. The highest BCUT2D eigenvalue weighted by Crippen LogP contribution is 2.18. The van der Waals surface area contributed by atoms with E-state index in [0.717, 1.165) is 5.56 Å². The molecule has 1 heterocycles. The Morgan fingerprint density at radius 2 is 1.91 bits per heavy atom. The first-order valence-corrected chi connectivity index (χ1v) is 9.08. The Morgan fingerprint density at radius 1 is 1.23 bits per heavy atom. The summed E-state index contributed by atoms with van der Waals surface area (Å²) in [6.45, 7) is 2.31. The van der Waals surface area contributed by atoms with Gasteiger partial charge in [-0.05, 0) is 53.6 Å². The van der Waals surface area contributed by atoms with Gasteiger partial charge in [-0.1, -0.05) is 0 Å². The Balaban J connectivity index is 2.17. The quantitative estimate of drug-likeness (QED) is 0.759. The van der Waals surface area contributed by atoms with Crippen molar-refractivity contribution in [1.29, 1.82) is 0 Å². The van der Waals surface area contributed by atoms with Crippen LogP contribution in [0, 0.1) is 0 Å². The van der Waals surface area contributed by atoms with Crippen LogP contribution < -0.4 is 0 Å². The SMILES string of the molecule is CCOC(=O)c1ccc(S(=O)(=O)N(C)Cc2ccsc2)cc1. The number of ether oxygens (including phenoxy) is 1. The van der Waals surface area contributed by atoms with E-state index in [-0.39, 0.29) is 11.5 Å². The molecule has 0 saturated heterocycles. The summed E-state index contributed by atoms with van der Waals surface area (Å²) in [6, 6.07) is 7.66. The summed E-state index contributed by atoms with van der Waals surface area (Å²) in [4.78, 5) is 11.7. The lowest BCUT2D eigenvalue weighted by Crippen LogP contribution is -2.26. The highest BCUT2D eigenvalue weighted by atomic mass is 32.2. The normalized spacial score (nSPS) is 11.6. The van der Waals surface area contributed by atoms with Gasteiger partial charge in [0.05, 0.1) is 17.1 Å². The number of rotatable bonds is 6. The number of thiophene rings is 1. The Bertz CT molecular complexity index is 721. The van der Waals surface area contributed by atoms with Gasteiger partial charge >= 0.3 is 5.97 Å². The van der Waals surface area contributed by atoms with Crippen LogP contribution in [-0.4, -0.2) is 32.3 Å². The molecule has 0 aliphatic rings. The molecule has 0 N–H and O–H groups in total. The van der Waals surface area contributed by atoms with Gasteiger partial charge in [0, 0.05) is 13.6 Å². The lowest BCUT2D eigenvalue weighted by molar-refractivity contribution is 0.0526. The number of carbonyl (C=O) groups excluding carboxylic acids is 1. The molecule has 7 heteroatoms. The summed E-state index contributed by atoms with van der Waals surface area (Å²) in [5.41, 5.74) is 1.28. The van der Waals surface area contributed by atoms with Gasteiger partial charge in [0.25, 0.3) is 0 Å². The Kier molecular flexibility index (Phi) is 5.33. The molecule has 0 amide bonds. The summed E-state index contributed by atoms with van der Waals surface area (Å²) in [6.07, 6.45) is 0. The van der Waals surface area contributed by atoms with Gasteiger partial charge in [0.1, 0.15) is 0 Å². The second-order valence-corrected chi connectivity index (χ2v) is 7.46. The Hall–Kier alpha value is -1.70. The fraction of sp³-hybridized carbons (Fsp3) is 0.267. The molecule has 118 valence electrons. The average molecular weight is 339 g/mol. The van der Waals surface area contributed by atoms with Crippen molar-refractivity contribution >= 4 is 27.3 Å². The van der Waals surface area contributed by atoms with E-state index in [1.165, 1.54) is 47.0 Å². The highest BCUT2D eigenvalue weighted by molar-refractivity contribution is 7.89. The summed E-state index contributed by atoms with van der Waals surface area (Å²) in [5, 5.41) is 3.82. The molecule has 0 aliphatic carbocycles. The molecule has 0 saturated carbocycles. The molecular formula is C15H17NO4S2. The highest BCUT2D eigenvalue weighted by Gasteiger charge is 2.21. The van der Waals surface area contributed by atoms with Gasteiger partial charge in [-0.15, -0.1) is 0 Å². The van der Waals surface area contributed by atoms with Crippen molar-refractivity contribution in [2.45, 2.75) is 18.4 Å². The Labute approximate surface area is 134 Å². The number of hydrogen-bond acceptors (Lipinski definition) is 5. The zero-order valence-electron chi connectivity index (χ0n) is 12.4. The minimum atomic E-state index is -3.58. The third-order valence-corrected chi connectivity index (χ3v) is 5.61. The second-order valence-electron chi connectivity index (χ2n) is 4.64. The van der Waals surface area contributed by atoms with Gasteiger partial charge < -0.3 is 4.74 Å². The minimum Gasteiger partial charge on any atom is -0.462 e. The predicted octanol–water partition coefficient (Wildman–Crippen LogP) is 2.75. The minimum absolute atomic E-state index is 0.151. The van der Waals surface area contributed by atoms with Crippen LogP contribution in [-0.2, 0) is 21.3 Å². The van der Waals surface area contributed by atoms with Gasteiger partial charge in [0.15, 0.2) is 0 Å². The van der Waals surface area contributed by atoms with Gasteiger partial charge in [-0.3, -0.25) is 0 Å². The zero-order valence-corrected chi connectivity index (χ0v) is 14.0. The first-order valence-electron chi connectivity index (χ1n) is 6.69. The van der Waals surface area contributed by atoms with Crippen LogP contribution >= 0.6 is 11.3 Å². The molecule has 2 aromatic rings. The molecule has 1 aromatic carbocycles. The Morgan fingerprint density at radius 3 is 2.45 bits per heavy atom. The number of carbonyl (C=O) groups is 1. The van der Waals surface area contributed by atoms with Crippen LogP contribution in [0.2, 0.25) is 0 Å². The van der Waals surface area contributed by atoms with E-state index in [9.17, 15) is 13.2 Å². The van der Waals surface area contributed by atoms with Crippen LogP contribution in [0.3, 0.4) is 0 Å². The van der Waals surface area contributed by atoms with Crippen molar-refractivity contribution in [1.82, 2.24) is 4.31 Å². The largest absolute Gasteiger partial charge is 0.462 e.